The van der Waals surface area contributed by atoms with Crippen LogP contribution in [0, 0.1) is 3.57 Å². The predicted octanol–water partition coefficient (Wildman–Crippen LogP) is 0.596. The van der Waals surface area contributed by atoms with Gasteiger partial charge < -0.3 is 20.7 Å². The van der Waals surface area contributed by atoms with Crippen LogP contribution in [0.2, 0.25) is 0 Å². The fourth-order valence-electron chi connectivity index (χ4n) is 1.77. The number of aliphatic carboxylic acids is 1. The fraction of sp³-hybridized carbons (Fsp3) is 0.133. The molecule has 0 aliphatic carbocycles. The molecule has 0 aliphatic rings. The minimum Gasteiger partial charge on any atom is -0.872 e. The summed E-state index contributed by atoms with van der Waals surface area (Å²) in [6, 6.07) is 10.6. The van der Waals surface area contributed by atoms with Crippen LogP contribution in [0.1, 0.15) is 5.56 Å². The van der Waals surface area contributed by atoms with Gasteiger partial charge in [-0.2, -0.15) is 0 Å². The molecule has 3 N–H and O–H groups in total. The van der Waals surface area contributed by atoms with Crippen LogP contribution in [-0.4, -0.2) is 17.1 Å². The van der Waals surface area contributed by atoms with E-state index >= 15 is 0 Å². The molecule has 2 aromatic carbocycles. The first-order valence-electron chi connectivity index (χ1n) is 6.33. The van der Waals surface area contributed by atoms with Gasteiger partial charge in [-0.25, -0.2) is 0 Å². The number of halogens is 3. The van der Waals surface area contributed by atoms with Gasteiger partial charge in [0.15, 0.2) is 0 Å². The normalized spacial score (nSPS) is 12.2. The molecule has 0 amide bonds. The van der Waals surface area contributed by atoms with Crippen LogP contribution in [0.3, 0.4) is 0 Å². The number of alkyl halides is 2. The van der Waals surface area contributed by atoms with E-state index in [2.05, 4.69) is 0 Å². The van der Waals surface area contributed by atoms with E-state index in [0.717, 1.165) is 9.13 Å². The molecule has 122 valence electrons. The van der Waals surface area contributed by atoms with Gasteiger partial charge in [0.25, 0.3) is 0 Å². The summed E-state index contributed by atoms with van der Waals surface area (Å²) >= 11 is 6.10. The molecule has 0 spiro atoms. The summed E-state index contributed by atoms with van der Waals surface area (Å²) in [5, 5.41) is 20.3. The van der Waals surface area contributed by atoms with Gasteiger partial charge in [0, 0.05) is 0 Å². The largest absolute Gasteiger partial charge is 1.00 e. The maximum Gasteiger partial charge on any atom is 1.00 e. The van der Waals surface area contributed by atoms with E-state index in [1.54, 1.807) is 30.3 Å². The molecule has 2 aromatic rings. The molecule has 0 saturated heterocycles. The first kappa shape index (κ1) is 22.7. The van der Waals surface area contributed by atoms with Crippen LogP contribution < -0.4 is 45.1 Å². The van der Waals surface area contributed by atoms with Gasteiger partial charge in [0.1, 0.15) is 19.0 Å². The molecule has 2 rings (SSSR count). The van der Waals surface area contributed by atoms with Gasteiger partial charge >= 0.3 is 35.5 Å². The second-order valence-electron chi connectivity index (χ2n) is 4.66. The van der Waals surface area contributed by atoms with Crippen molar-refractivity contribution in [3.63, 3.8) is 0 Å². The average molecular weight is 673 g/mol. The Morgan fingerprint density at radius 1 is 1.21 bits per heavy atom. The SMILES string of the molecule is N[C@@H](C(=O)O)C(I)(I)c1ccc(Oc2ccc([O-])cc2I)cc1.[Na+]. The summed E-state index contributed by atoms with van der Waals surface area (Å²) in [5.74, 6) is 0.0638. The van der Waals surface area contributed by atoms with Crippen molar-refractivity contribution in [2.75, 3.05) is 0 Å². The van der Waals surface area contributed by atoms with Gasteiger partial charge in [-0.05, 0) is 46.4 Å². The molecule has 0 saturated carbocycles. The average Bonchev–Trinajstić information content (AvgIpc) is 2.49. The number of ether oxygens (including phenoxy) is 1. The first-order chi connectivity index (χ1) is 10.7. The fourth-order valence-corrected chi connectivity index (χ4v) is 3.62. The third-order valence-corrected chi connectivity index (χ3v) is 6.46. The zero-order chi connectivity index (χ0) is 17.2. The molecule has 0 bridgehead atoms. The second-order valence-corrected chi connectivity index (χ2v) is 11.3. The number of carbonyl (C=O) groups is 1. The molecule has 9 heteroatoms. The first-order valence-corrected chi connectivity index (χ1v) is 9.56. The smallest absolute Gasteiger partial charge is 0.872 e. The molecule has 0 aliphatic heterocycles. The minimum absolute atomic E-state index is 0. The number of rotatable bonds is 5. The van der Waals surface area contributed by atoms with E-state index in [9.17, 15) is 9.90 Å². The van der Waals surface area contributed by atoms with Crippen LogP contribution in [0.15, 0.2) is 42.5 Å². The molecular formula is C15H11I3NNaO4. The molecule has 0 heterocycles. The quantitative estimate of drug-likeness (QED) is 0.276. The molecular weight excluding hydrogens is 662 g/mol. The van der Waals surface area contributed by atoms with Crippen molar-refractivity contribution < 1.29 is 49.3 Å². The van der Waals surface area contributed by atoms with Crippen LogP contribution in [0.4, 0.5) is 0 Å². The van der Waals surface area contributed by atoms with Crippen LogP contribution >= 0.6 is 67.8 Å². The monoisotopic (exact) mass is 673 g/mol. The number of nitrogens with two attached hydrogens (primary N) is 1. The Labute approximate surface area is 202 Å². The van der Waals surface area contributed by atoms with Gasteiger partial charge in [0.2, 0.25) is 0 Å². The maximum atomic E-state index is 11.2. The maximum absolute atomic E-state index is 11.2. The molecule has 1 atom stereocenters. The van der Waals surface area contributed by atoms with Crippen LogP contribution in [0.25, 0.3) is 0 Å². The topological polar surface area (TPSA) is 95.6 Å². The summed E-state index contributed by atoms with van der Waals surface area (Å²) in [4.78, 5) is 11.1. The molecule has 0 fully saturated rings. The molecule has 0 radical (unpaired) electrons. The van der Waals surface area contributed by atoms with Crippen molar-refractivity contribution in [2.45, 2.75) is 7.47 Å². The Bertz CT molecular complexity index is 725. The van der Waals surface area contributed by atoms with E-state index in [0.29, 0.717) is 11.5 Å². The Morgan fingerprint density at radius 2 is 1.79 bits per heavy atom. The number of hydrogen-bond acceptors (Lipinski definition) is 4. The Kier molecular flexibility index (Phi) is 9.04. The van der Waals surface area contributed by atoms with E-state index < -0.39 is 13.4 Å². The summed E-state index contributed by atoms with van der Waals surface area (Å²) in [5.41, 5.74) is 6.53. The third-order valence-electron chi connectivity index (χ3n) is 3.03. The van der Waals surface area contributed by atoms with Crippen molar-refractivity contribution in [2.24, 2.45) is 5.73 Å². The van der Waals surface area contributed by atoms with E-state index in [1.807, 2.05) is 67.8 Å². The van der Waals surface area contributed by atoms with Gasteiger partial charge in [0.05, 0.1) is 3.57 Å². The van der Waals surface area contributed by atoms with Crippen LogP contribution in [-0.2, 0) is 6.22 Å². The minimum atomic E-state index is -1.05. The second kappa shape index (κ2) is 9.55. The summed E-state index contributed by atoms with van der Waals surface area (Å²) < 4.78 is 5.70. The molecule has 24 heavy (non-hydrogen) atoms. The third kappa shape index (κ3) is 5.58. The summed E-state index contributed by atoms with van der Waals surface area (Å²) in [6.45, 7) is 0. The van der Waals surface area contributed by atoms with E-state index in [4.69, 9.17) is 15.6 Å². The van der Waals surface area contributed by atoms with E-state index in [1.165, 1.54) is 12.1 Å². The Morgan fingerprint density at radius 3 is 2.29 bits per heavy atom. The van der Waals surface area contributed by atoms with Gasteiger partial charge in [-0.1, -0.05) is 69.4 Å². The van der Waals surface area contributed by atoms with Crippen LogP contribution in [0.5, 0.6) is 17.2 Å². The van der Waals surface area contributed by atoms with Crippen molar-refractivity contribution in [3.05, 3.63) is 51.6 Å². The van der Waals surface area contributed by atoms with Crippen molar-refractivity contribution >= 4 is 73.7 Å². The summed E-state index contributed by atoms with van der Waals surface area (Å²) in [7, 11) is 0. The molecule has 0 aromatic heterocycles. The molecule has 0 unspecified atom stereocenters. The van der Waals surface area contributed by atoms with Crippen molar-refractivity contribution in [1.29, 1.82) is 0 Å². The number of carboxylic acids is 1. The number of benzene rings is 2. The van der Waals surface area contributed by atoms with Crippen molar-refractivity contribution in [3.8, 4) is 17.2 Å². The Balaban J connectivity index is 0.00000288. The zero-order valence-electron chi connectivity index (χ0n) is 12.5. The zero-order valence-corrected chi connectivity index (χ0v) is 21.0. The summed E-state index contributed by atoms with van der Waals surface area (Å²) in [6.07, 6.45) is 0. The van der Waals surface area contributed by atoms with Crippen molar-refractivity contribution in [1.82, 2.24) is 0 Å². The van der Waals surface area contributed by atoms with E-state index in [-0.39, 0.29) is 35.3 Å². The van der Waals surface area contributed by atoms with Gasteiger partial charge in [-0.3, -0.25) is 4.79 Å². The Hall–Kier alpha value is 0.660. The predicted molar refractivity (Wildman–Crippen MR) is 110 cm³/mol. The number of hydrogen-bond donors (Lipinski definition) is 2. The standard InChI is InChI=1S/C15H12I3NO4.Na/c16-11-7-9(20)3-6-12(11)23-10-4-1-8(2-5-10)15(17,18)13(19)14(21)22;/h1-7,13,20H,19H2,(H,21,22);/q;+1/p-1/t13-;/m0./s1. The molecule has 5 nitrogen and oxygen atoms in total. The number of carboxylic acid groups (broad SMARTS) is 1. The van der Waals surface area contributed by atoms with Gasteiger partial charge in [-0.15, -0.1) is 5.75 Å².